The van der Waals surface area contributed by atoms with Crippen LogP contribution in [-0.4, -0.2) is 104 Å². The number of anilines is 1. The number of halogens is 1. The standard InChI is InChI=1S/C35H51FN4O7/c1-35(2,3)12-17-44-18-19-45-20-21-46-22-23-47-31-11-9-27(24-29(31)36)30(25-32(41)42)40-16-15-39(34(40)43)14-5-7-28-10-8-26-6-4-13-37-33(26)38-28/h8-11,24,30H,4-7,12-23,25H2,1-3H3,(H,37,38)(H,41,42)/t30-/m1/s1. The number of carboxylic acids is 1. The zero-order valence-electron chi connectivity index (χ0n) is 28.1. The first-order valence-corrected chi connectivity index (χ1v) is 16.8. The number of benzene rings is 1. The lowest BCUT2D eigenvalue weighted by Gasteiger charge is -2.27. The molecule has 0 unspecified atom stereocenters. The van der Waals surface area contributed by atoms with E-state index in [2.05, 4.69) is 32.2 Å². The number of carboxylic acid groups (broad SMARTS) is 1. The Morgan fingerprint density at radius 3 is 2.45 bits per heavy atom. The number of hydrogen-bond donors (Lipinski definition) is 2. The van der Waals surface area contributed by atoms with Crippen molar-refractivity contribution in [2.24, 2.45) is 5.41 Å². The Bertz CT molecular complexity index is 1310. The third kappa shape index (κ3) is 11.9. The normalized spacial score (nSPS) is 15.4. The number of ether oxygens (including phenoxy) is 4. The van der Waals surface area contributed by atoms with Gasteiger partial charge in [-0.05, 0) is 66.8 Å². The number of nitrogens with zero attached hydrogens (tertiary/aromatic N) is 3. The monoisotopic (exact) mass is 658 g/mol. The fourth-order valence-corrected chi connectivity index (χ4v) is 5.60. The van der Waals surface area contributed by atoms with Gasteiger partial charge < -0.3 is 39.2 Å². The van der Waals surface area contributed by atoms with Crippen LogP contribution in [-0.2, 0) is 31.8 Å². The SMILES string of the molecule is CC(C)(C)CCOCCOCCOCCOc1ccc([C@@H](CC(=O)O)N2CCN(CCCc3ccc4c(n3)NCCC4)C2=O)cc1F. The van der Waals surface area contributed by atoms with E-state index in [1.807, 2.05) is 6.07 Å². The van der Waals surface area contributed by atoms with Gasteiger partial charge in [-0.25, -0.2) is 14.2 Å². The van der Waals surface area contributed by atoms with Gasteiger partial charge in [-0.2, -0.15) is 0 Å². The van der Waals surface area contributed by atoms with Crippen molar-refractivity contribution >= 4 is 17.8 Å². The molecule has 0 saturated carbocycles. The molecule has 0 spiro atoms. The number of aliphatic carboxylic acids is 1. The molecule has 2 N–H and O–H groups in total. The van der Waals surface area contributed by atoms with Gasteiger partial charge in [0.05, 0.1) is 45.5 Å². The number of pyridine rings is 1. The predicted molar refractivity (Wildman–Crippen MR) is 176 cm³/mol. The van der Waals surface area contributed by atoms with Crippen LogP contribution < -0.4 is 10.1 Å². The van der Waals surface area contributed by atoms with E-state index < -0.39 is 17.8 Å². The van der Waals surface area contributed by atoms with Gasteiger partial charge in [0, 0.05) is 38.5 Å². The summed E-state index contributed by atoms with van der Waals surface area (Å²) < 4.78 is 37.2. The van der Waals surface area contributed by atoms with Crippen LogP contribution in [0, 0.1) is 11.2 Å². The van der Waals surface area contributed by atoms with Gasteiger partial charge in [0.15, 0.2) is 11.6 Å². The van der Waals surface area contributed by atoms with Gasteiger partial charge in [-0.15, -0.1) is 0 Å². The number of nitrogens with one attached hydrogen (secondary N) is 1. The maximum Gasteiger partial charge on any atom is 0.320 e. The van der Waals surface area contributed by atoms with E-state index in [1.165, 1.54) is 22.6 Å². The summed E-state index contributed by atoms with van der Waals surface area (Å²) in [5.74, 6) is -0.697. The number of amides is 2. The summed E-state index contributed by atoms with van der Waals surface area (Å²) in [4.78, 5) is 33.1. The van der Waals surface area contributed by atoms with Gasteiger partial charge in [-0.3, -0.25) is 4.79 Å². The first-order valence-electron chi connectivity index (χ1n) is 16.8. The molecule has 47 heavy (non-hydrogen) atoms. The minimum absolute atomic E-state index is 0.0374. The number of fused-ring (bicyclic) bond motifs is 1. The molecule has 12 heteroatoms. The molecule has 11 nitrogen and oxygen atoms in total. The maximum atomic E-state index is 15.0. The van der Waals surface area contributed by atoms with Crippen LogP contribution in [0.4, 0.5) is 15.0 Å². The fraction of sp³-hybridized carbons (Fsp3) is 0.629. The summed E-state index contributed by atoms with van der Waals surface area (Å²) >= 11 is 0. The highest BCUT2D eigenvalue weighted by Crippen LogP contribution is 2.31. The number of carbonyl (C=O) groups is 2. The van der Waals surface area contributed by atoms with Crippen molar-refractivity contribution in [2.45, 2.75) is 65.3 Å². The lowest BCUT2D eigenvalue weighted by Crippen LogP contribution is -2.36. The third-order valence-electron chi connectivity index (χ3n) is 8.25. The molecule has 2 aliphatic heterocycles. The van der Waals surface area contributed by atoms with Crippen molar-refractivity contribution < 1.29 is 38.0 Å². The summed E-state index contributed by atoms with van der Waals surface area (Å²) in [7, 11) is 0. The van der Waals surface area contributed by atoms with E-state index in [0.29, 0.717) is 58.2 Å². The number of rotatable bonds is 20. The predicted octanol–water partition coefficient (Wildman–Crippen LogP) is 5.33. The number of carbonyl (C=O) groups excluding carboxylic acids is 1. The molecule has 2 amide bonds. The van der Waals surface area contributed by atoms with Gasteiger partial charge in [-0.1, -0.05) is 32.9 Å². The smallest absolute Gasteiger partial charge is 0.320 e. The Morgan fingerprint density at radius 1 is 1.02 bits per heavy atom. The highest BCUT2D eigenvalue weighted by Gasteiger charge is 2.35. The van der Waals surface area contributed by atoms with E-state index in [9.17, 15) is 14.7 Å². The minimum Gasteiger partial charge on any atom is -0.488 e. The van der Waals surface area contributed by atoms with Crippen LogP contribution in [0.25, 0.3) is 0 Å². The first-order chi connectivity index (χ1) is 22.6. The number of aromatic nitrogens is 1. The van der Waals surface area contributed by atoms with Crippen molar-refractivity contribution in [1.82, 2.24) is 14.8 Å². The van der Waals surface area contributed by atoms with Gasteiger partial charge in [0.25, 0.3) is 0 Å². The molecule has 2 aromatic rings. The molecule has 2 aliphatic rings. The second kappa shape index (κ2) is 18.2. The molecular weight excluding hydrogens is 607 g/mol. The molecule has 0 bridgehead atoms. The summed E-state index contributed by atoms with van der Waals surface area (Å²) in [5, 5.41) is 13.0. The van der Waals surface area contributed by atoms with Crippen LogP contribution in [0.5, 0.6) is 5.75 Å². The zero-order valence-corrected chi connectivity index (χ0v) is 28.1. The molecular formula is C35H51FN4O7. The van der Waals surface area contributed by atoms with Crippen molar-refractivity contribution in [3.05, 3.63) is 53.0 Å². The number of aryl methyl sites for hydroxylation is 2. The number of urea groups is 1. The topological polar surface area (TPSA) is 123 Å². The second-order valence-corrected chi connectivity index (χ2v) is 13.2. The largest absolute Gasteiger partial charge is 0.488 e. The fourth-order valence-electron chi connectivity index (χ4n) is 5.60. The molecule has 4 rings (SSSR count). The molecule has 1 fully saturated rings. The number of hydrogen-bond acceptors (Lipinski definition) is 8. The van der Waals surface area contributed by atoms with E-state index in [-0.39, 0.29) is 36.8 Å². The highest BCUT2D eigenvalue weighted by molar-refractivity contribution is 5.78. The van der Waals surface area contributed by atoms with Gasteiger partial charge in [0.1, 0.15) is 12.4 Å². The van der Waals surface area contributed by atoms with E-state index in [1.54, 1.807) is 11.0 Å². The van der Waals surface area contributed by atoms with Crippen molar-refractivity contribution in [1.29, 1.82) is 0 Å². The highest BCUT2D eigenvalue weighted by atomic mass is 19.1. The quantitative estimate of drug-likeness (QED) is 0.182. The molecule has 1 atom stereocenters. The molecule has 1 aromatic carbocycles. The van der Waals surface area contributed by atoms with Crippen molar-refractivity contribution in [3.63, 3.8) is 0 Å². The van der Waals surface area contributed by atoms with Crippen molar-refractivity contribution in [2.75, 3.05) is 77.7 Å². The Labute approximate surface area is 277 Å². The van der Waals surface area contributed by atoms with Crippen LogP contribution in [0.3, 0.4) is 0 Å². The summed E-state index contributed by atoms with van der Waals surface area (Å²) in [6, 6.07) is 7.48. The Hall–Kier alpha value is -3.48. The first kappa shape index (κ1) is 36.4. The Balaban J connectivity index is 1.18. The lowest BCUT2D eigenvalue weighted by atomic mass is 9.93. The lowest BCUT2D eigenvalue weighted by molar-refractivity contribution is -0.138. The van der Waals surface area contributed by atoms with Crippen LogP contribution >= 0.6 is 0 Å². The average Bonchev–Trinajstić information content (AvgIpc) is 3.39. The Kier molecular flexibility index (Phi) is 14.1. The summed E-state index contributed by atoms with van der Waals surface area (Å²) in [6.07, 6.45) is 4.27. The molecule has 1 aromatic heterocycles. The summed E-state index contributed by atoms with van der Waals surface area (Å²) in [6.45, 7) is 11.8. The third-order valence-corrected chi connectivity index (χ3v) is 8.25. The van der Waals surface area contributed by atoms with Gasteiger partial charge in [0.2, 0.25) is 0 Å². The molecule has 0 radical (unpaired) electrons. The van der Waals surface area contributed by atoms with E-state index in [4.69, 9.17) is 23.9 Å². The van der Waals surface area contributed by atoms with E-state index in [0.717, 1.165) is 50.2 Å². The molecule has 1 saturated heterocycles. The van der Waals surface area contributed by atoms with Crippen LogP contribution in [0.15, 0.2) is 30.3 Å². The van der Waals surface area contributed by atoms with Crippen LogP contribution in [0.2, 0.25) is 0 Å². The average molecular weight is 659 g/mol. The molecule has 0 aliphatic carbocycles. The molecule has 3 heterocycles. The zero-order chi connectivity index (χ0) is 33.6. The van der Waals surface area contributed by atoms with Crippen molar-refractivity contribution in [3.8, 4) is 5.75 Å². The summed E-state index contributed by atoms with van der Waals surface area (Å²) in [5.41, 5.74) is 2.88. The minimum atomic E-state index is -1.07. The van der Waals surface area contributed by atoms with E-state index >= 15 is 4.39 Å². The maximum absolute atomic E-state index is 15.0. The van der Waals surface area contributed by atoms with Gasteiger partial charge >= 0.3 is 12.0 Å². The second-order valence-electron chi connectivity index (χ2n) is 13.2. The Morgan fingerprint density at radius 2 is 1.74 bits per heavy atom. The molecule has 260 valence electrons. The van der Waals surface area contributed by atoms with Crippen LogP contribution in [0.1, 0.15) is 69.3 Å².